The summed E-state index contributed by atoms with van der Waals surface area (Å²) in [6.07, 6.45) is 5.04. The quantitative estimate of drug-likeness (QED) is 0.837. The Bertz CT molecular complexity index is 495. The lowest BCUT2D eigenvalue weighted by molar-refractivity contribution is -0.131. The molecule has 0 aromatic carbocycles. The smallest absolute Gasteiger partial charge is 0.222 e. The minimum atomic E-state index is 0.301. The molecule has 1 aliphatic rings. The summed E-state index contributed by atoms with van der Waals surface area (Å²) in [5, 5.41) is 4.45. The van der Waals surface area contributed by atoms with E-state index in [1.165, 1.54) is 18.5 Å². The topological polar surface area (TPSA) is 41.4 Å². The SMILES string of the molecule is Cc1cc(C)n(CCCC(=O)N2CCCC[C@H](N(C)C)C2)n1. The maximum absolute atomic E-state index is 12.5. The normalized spacial score (nSPS) is 19.5. The van der Waals surface area contributed by atoms with Crippen LogP contribution >= 0.6 is 0 Å². The Morgan fingerprint density at radius 2 is 2.14 bits per heavy atom. The lowest BCUT2D eigenvalue weighted by Gasteiger charge is -2.28. The fourth-order valence-electron chi connectivity index (χ4n) is 3.21. The molecule has 0 radical (unpaired) electrons. The van der Waals surface area contributed by atoms with Crippen LogP contribution in [0.3, 0.4) is 0 Å². The van der Waals surface area contributed by atoms with Crippen molar-refractivity contribution in [3.05, 3.63) is 17.5 Å². The van der Waals surface area contributed by atoms with Gasteiger partial charge in [0.05, 0.1) is 5.69 Å². The second-order valence-corrected chi connectivity index (χ2v) is 6.71. The summed E-state index contributed by atoms with van der Waals surface area (Å²) < 4.78 is 2.01. The third-order valence-corrected chi connectivity index (χ3v) is 4.59. The Morgan fingerprint density at radius 1 is 1.36 bits per heavy atom. The predicted octanol–water partition coefficient (Wildman–Crippen LogP) is 2.22. The van der Waals surface area contributed by atoms with Gasteiger partial charge in [0, 0.05) is 37.8 Å². The van der Waals surface area contributed by atoms with Gasteiger partial charge in [0.2, 0.25) is 5.91 Å². The van der Waals surface area contributed by atoms with Gasteiger partial charge in [0.25, 0.3) is 0 Å². The van der Waals surface area contributed by atoms with Crippen LogP contribution in [-0.4, -0.2) is 58.7 Å². The Labute approximate surface area is 134 Å². The van der Waals surface area contributed by atoms with Crippen LogP contribution in [0.1, 0.15) is 43.5 Å². The molecule has 0 bridgehead atoms. The summed E-state index contributed by atoms with van der Waals surface area (Å²) >= 11 is 0. The van der Waals surface area contributed by atoms with E-state index in [0.29, 0.717) is 18.4 Å². The molecular formula is C17H30N4O. The first kappa shape index (κ1) is 17.0. The highest BCUT2D eigenvalue weighted by molar-refractivity contribution is 5.76. The van der Waals surface area contributed by atoms with E-state index < -0.39 is 0 Å². The molecule has 2 heterocycles. The van der Waals surface area contributed by atoms with E-state index in [2.05, 4.69) is 42.0 Å². The minimum absolute atomic E-state index is 0.301. The van der Waals surface area contributed by atoms with Crippen LogP contribution in [0.2, 0.25) is 0 Å². The molecule has 1 saturated heterocycles. The second-order valence-electron chi connectivity index (χ2n) is 6.71. The molecule has 22 heavy (non-hydrogen) atoms. The van der Waals surface area contributed by atoms with Gasteiger partial charge in [-0.3, -0.25) is 9.48 Å². The van der Waals surface area contributed by atoms with E-state index in [-0.39, 0.29) is 0 Å². The average molecular weight is 306 g/mol. The Hall–Kier alpha value is -1.36. The van der Waals surface area contributed by atoms with Gasteiger partial charge in [0.1, 0.15) is 0 Å². The lowest BCUT2D eigenvalue weighted by Crippen LogP contribution is -2.41. The molecule has 0 aliphatic carbocycles. The Balaban J connectivity index is 1.82. The number of carbonyl (C=O) groups is 1. The first-order valence-corrected chi connectivity index (χ1v) is 8.42. The molecule has 1 aromatic heterocycles. The van der Waals surface area contributed by atoms with E-state index in [9.17, 15) is 4.79 Å². The summed E-state index contributed by atoms with van der Waals surface area (Å²) in [7, 11) is 4.23. The molecule has 5 nitrogen and oxygen atoms in total. The molecule has 0 N–H and O–H groups in total. The zero-order valence-electron chi connectivity index (χ0n) is 14.5. The van der Waals surface area contributed by atoms with Crippen LogP contribution in [-0.2, 0) is 11.3 Å². The van der Waals surface area contributed by atoms with Crippen LogP contribution in [0.25, 0.3) is 0 Å². The molecule has 1 fully saturated rings. The number of nitrogens with zero attached hydrogens (tertiary/aromatic N) is 4. The first-order chi connectivity index (χ1) is 10.5. The third kappa shape index (κ3) is 4.57. The van der Waals surface area contributed by atoms with Gasteiger partial charge in [0.15, 0.2) is 0 Å². The van der Waals surface area contributed by atoms with Crippen molar-refractivity contribution in [2.24, 2.45) is 0 Å². The number of hydrogen-bond acceptors (Lipinski definition) is 3. The fraction of sp³-hybridized carbons (Fsp3) is 0.765. The zero-order chi connectivity index (χ0) is 16.1. The zero-order valence-corrected chi connectivity index (χ0v) is 14.5. The van der Waals surface area contributed by atoms with E-state index >= 15 is 0 Å². The third-order valence-electron chi connectivity index (χ3n) is 4.59. The summed E-state index contributed by atoms with van der Waals surface area (Å²) in [5.41, 5.74) is 2.22. The van der Waals surface area contributed by atoms with Crippen LogP contribution in [0.5, 0.6) is 0 Å². The van der Waals surface area contributed by atoms with Crippen molar-refractivity contribution in [2.75, 3.05) is 27.2 Å². The van der Waals surface area contributed by atoms with Crippen molar-refractivity contribution in [3.63, 3.8) is 0 Å². The summed E-state index contributed by atoms with van der Waals surface area (Å²) in [6.45, 7) is 6.71. The number of amides is 1. The molecule has 2 rings (SSSR count). The molecule has 1 aliphatic heterocycles. The lowest BCUT2D eigenvalue weighted by atomic mass is 10.1. The monoisotopic (exact) mass is 306 g/mol. The molecule has 0 spiro atoms. The van der Waals surface area contributed by atoms with Gasteiger partial charge >= 0.3 is 0 Å². The molecular weight excluding hydrogens is 276 g/mol. The Morgan fingerprint density at radius 3 is 2.77 bits per heavy atom. The minimum Gasteiger partial charge on any atom is -0.341 e. The number of aromatic nitrogens is 2. The standard InChI is InChI=1S/C17H30N4O/c1-14-12-15(2)21(18-14)11-7-9-17(22)20-10-6-5-8-16(13-20)19(3)4/h12,16H,5-11,13H2,1-4H3/t16-/m0/s1. The number of rotatable bonds is 5. The Kier molecular flexibility index (Phi) is 6.00. The molecule has 1 atom stereocenters. The first-order valence-electron chi connectivity index (χ1n) is 8.42. The molecule has 0 unspecified atom stereocenters. The van der Waals surface area contributed by atoms with Gasteiger partial charge in [-0.2, -0.15) is 5.10 Å². The molecule has 124 valence electrons. The van der Waals surface area contributed by atoms with Crippen LogP contribution in [0.4, 0.5) is 0 Å². The van der Waals surface area contributed by atoms with Gasteiger partial charge in [-0.05, 0) is 53.3 Å². The van der Waals surface area contributed by atoms with Crippen molar-refractivity contribution in [1.29, 1.82) is 0 Å². The molecule has 0 saturated carbocycles. The number of likely N-dealkylation sites (tertiary alicyclic amines) is 1. The van der Waals surface area contributed by atoms with Gasteiger partial charge in [-0.1, -0.05) is 6.42 Å². The highest BCUT2D eigenvalue weighted by atomic mass is 16.2. The largest absolute Gasteiger partial charge is 0.341 e. The molecule has 1 amide bonds. The summed E-state index contributed by atoms with van der Waals surface area (Å²) in [4.78, 5) is 16.8. The second kappa shape index (κ2) is 7.77. The van der Waals surface area contributed by atoms with Crippen LogP contribution in [0, 0.1) is 13.8 Å². The maximum atomic E-state index is 12.5. The van der Waals surface area contributed by atoms with Crippen LogP contribution in [0.15, 0.2) is 6.07 Å². The summed E-state index contributed by atoms with van der Waals surface area (Å²) in [5.74, 6) is 0.301. The van der Waals surface area contributed by atoms with E-state index in [1.54, 1.807) is 0 Å². The van der Waals surface area contributed by atoms with Gasteiger partial charge in [-0.25, -0.2) is 0 Å². The van der Waals surface area contributed by atoms with E-state index in [0.717, 1.165) is 38.2 Å². The van der Waals surface area contributed by atoms with Gasteiger partial charge in [-0.15, -0.1) is 0 Å². The van der Waals surface area contributed by atoms with Gasteiger partial charge < -0.3 is 9.80 Å². The van der Waals surface area contributed by atoms with Crippen molar-refractivity contribution in [3.8, 4) is 0 Å². The van der Waals surface area contributed by atoms with Crippen molar-refractivity contribution >= 4 is 5.91 Å². The fourth-order valence-corrected chi connectivity index (χ4v) is 3.21. The highest BCUT2D eigenvalue weighted by Gasteiger charge is 2.22. The summed E-state index contributed by atoms with van der Waals surface area (Å²) in [6, 6.07) is 2.58. The maximum Gasteiger partial charge on any atom is 0.222 e. The van der Waals surface area contributed by atoms with E-state index in [4.69, 9.17) is 0 Å². The number of likely N-dealkylation sites (N-methyl/N-ethyl adjacent to an activating group) is 1. The van der Waals surface area contributed by atoms with Crippen molar-refractivity contribution in [1.82, 2.24) is 19.6 Å². The van der Waals surface area contributed by atoms with Crippen molar-refractivity contribution < 1.29 is 4.79 Å². The van der Waals surface area contributed by atoms with Crippen LogP contribution < -0.4 is 0 Å². The molecule has 5 heteroatoms. The number of aryl methyl sites for hydroxylation is 3. The average Bonchev–Trinajstić information content (AvgIpc) is 2.68. The molecule has 1 aromatic rings. The number of hydrogen-bond donors (Lipinski definition) is 0. The predicted molar refractivity (Wildman–Crippen MR) is 88.8 cm³/mol. The highest BCUT2D eigenvalue weighted by Crippen LogP contribution is 2.15. The number of carbonyl (C=O) groups excluding carboxylic acids is 1. The van der Waals surface area contributed by atoms with Crippen molar-refractivity contribution in [2.45, 2.75) is 58.5 Å². The van der Waals surface area contributed by atoms with E-state index in [1.807, 2.05) is 11.6 Å².